The van der Waals surface area contributed by atoms with E-state index in [-0.39, 0.29) is 5.82 Å². The Hall–Kier alpha value is -0.825. The number of hydrogen-bond donors (Lipinski definition) is 1. The third-order valence-corrected chi connectivity index (χ3v) is 2.16. The van der Waals surface area contributed by atoms with E-state index in [1.807, 2.05) is 6.07 Å². The number of rotatable bonds is 0. The Kier molecular flexibility index (Phi) is 1.46. The van der Waals surface area contributed by atoms with E-state index in [4.69, 9.17) is 0 Å². The van der Waals surface area contributed by atoms with Gasteiger partial charge in [0, 0.05) is 0 Å². The van der Waals surface area contributed by atoms with Gasteiger partial charge in [0.15, 0.2) is 0 Å². The maximum absolute atomic E-state index is 13.0. The summed E-state index contributed by atoms with van der Waals surface area (Å²) in [7, 11) is 0. The maximum Gasteiger partial charge on any atom is 0.327 e. The van der Waals surface area contributed by atoms with Crippen LogP contribution >= 0.6 is 0 Å². The van der Waals surface area contributed by atoms with Gasteiger partial charge >= 0.3 is 6.92 Å². The highest BCUT2D eigenvalue weighted by Gasteiger charge is 2.27. The fraction of sp³-hybridized carbons (Fsp3) is 0.250. The van der Waals surface area contributed by atoms with Gasteiger partial charge < -0.3 is 5.02 Å². The van der Waals surface area contributed by atoms with Crippen molar-refractivity contribution in [2.24, 2.45) is 0 Å². The molecule has 11 heavy (non-hydrogen) atoms. The molecule has 1 nitrogen and oxygen atoms in total. The summed E-state index contributed by atoms with van der Waals surface area (Å²) in [5.74, 6) is -0.271. The van der Waals surface area contributed by atoms with E-state index < -0.39 is 6.92 Å². The molecule has 0 fully saturated rings. The summed E-state index contributed by atoms with van der Waals surface area (Å²) in [5, 5.41) is 9.32. The highest BCUT2D eigenvalue weighted by atomic mass is 19.1. The third-order valence-electron chi connectivity index (χ3n) is 2.16. The van der Waals surface area contributed by atoms with Crippen LogP contribution in [0.25, 0.3) is 0 Å². The van der Waals surface area contributed by atoms with Crippen LogP contribution in [0.5, 0.6) is 0 Å². The molecular weight excluding hydrogens is 142 g/mol. The predicted octanol–water partition coefficient (Wildman–Crippen LogP) is 0.573. The fourth-order valence-corrected chi connectivity index (χ4v) is 1.61. The van der Waals surface area contributed by atoms with Gasteiger partial charge in [-0.2, -0.15) is 0 Å². The Morgan fingerprint density at radius 2 is 2.27 bits per heavy atom. The zero-order chi connectivity index (χ0) is 7.84. The first-order valence-corrected chi connectivity index (χ1v) is 3.74. The molecule has 1 aliphatic rings. The molecule has 1 N–H and O–H groups in total. The Labute approximate surface area is 65.0 Å². The van der Waals surface area contributed by atoms with Crippen molar-refractivity contribution in [3.8, 4) is 0 Å². The molecule has 0 atom stereocenters. The topological polar surface area (TPSA) is 20.2 Å². The van der Waals surface area contributed by atoms with Crippen molar-refractivity contribution in [2.75, 3.05) is 0 Å². The Bertz CT molecular complexity index is 287. The molecule has 0 saturated heterocycles. The smallest absolute Gasteiger partial charge is 0.327 e. The Morgan fingerprint density at radius 3 is 3.00 bits per heavy atom. The fourth-order valence-electron chi connectivity index (χ4n) is 1.61. The van der Waals surface area contributed by atoms with E-state index in [1.165, 1.54) is 6.07 Å². The lowest BCUT2D eigenvalue weighted by Gasteiger charge is -2.00. The van der Waals surface area contributed by atoms with Crippen molar-refractivity contribution in [1.82, 2.24) is 0 Å². The standard InChI is InChI=1S/C8H8BFO/c10-7-3-1-2-6-4-5-9(11)8(6)7/h1-3,11H,4-5H2. The number of benzene rings is 1. The van der Waals surface area contributed by atoms with Crippen LogP contribution in [0.15, 0.2) is 18.2 Å². The lowest BCUT2D eigenvalue weighted by atomic mass is 9.63. The minimum atomic E-state index is -0.578. The van der Waals surface area contributed by atoms with Crippen LogP contribution in [-0.4, -0.2) is 11.9 Å². The number of halogens is 1. The van der Waals surface area contributed by atoms with Crippen LogP contribution < -0.4 is 5.46 Å². The molecule has 0 bridgehead atoms. The van der Waals surface area contributed by atoms with Crippen molar-refractivity contribution in [2.45, 2.75) is 12.7 Å². The number of aryl methyl sites for hydroxylation is 1. The van der Waals surface area contributed by atoms with Gasteiger partial charge in [-0.25, -0.2) is 4.39 Å². The summed E-state index contributed by atoms with van der Waals surface area (Å²) in [4.78, 5) is 0. The molecule has 0 saturated carbocycles. The largest absolute Gasteiger partial charge is 0.446 e. The minimum Gasteiger partial charge on any atom is -0.446 e. The van der Waals surface area contributed by atoms with E-state index >= 15 is 0 Å². The minimum absolute atomic E-state index is 0.271. The maximum atomic E-state index is 13.0. The van der Waals surface area contributed by atoms with Crippen LogP contribution in [0.3, 0.4) is 0 Å². The van der Waals surface area contributed by atoms with E-state index in [9.17, 15) is 9.41 Å². The predicted molar refractivity (Wildman–Crippen MR) is 42.5 cm³/mol. The van der Waals surface area contributed by atoms with Gasteiger partial charge in [0.1, 0.15) is 5.82 Å². The Morgan fingerprint density at radius 1 is 1.45 bits per heavy atom. The lowest BCUT2D eigenvalue weighted by molar-refractivity contribution is 0.580. The third kappa shape index (κ3) is 0.961. The molecular formula is C8H8BFO. The Balaban J connectivity index is 2.58. The monoisotopic (exact) mass is 150 g/mol. The summed E-state index contributed by atoms with van der Waals surface area (Å²) >= 11 is 0. The van der Waals surface area contributed by atoms with E-state index in [1.54, 1.807) is 6.07 Å². The van der Waals surface area contributed by atoms with Crippen LogP contribution in [0.2, 0.25) is 6.32 Å². The molecule has 0 amide bonds. The van der Waals surface area contributed by atoms with E-state index in [2.05, 4.69) is 0 Å². The summed E-state index contributed by atoms with van der Waals surface area (Å²) in [6.45, 7) is -0.578. The first-order chi connectivity index (χ1) is 5.29. The molecule has 1 aromatic rings. The molecule has 1 aromatic carbocycles. The quantitative estimate of drug-likeness (QED) is 0.536. The zero-order valence-corrected chi connectivity index (χ0v) is 6.05. The van der Waals surface area contributed by atoms with Crippen molar-refractivity contribution >= 4 is 12.4 Å². The van der Waals surface area contributed by atoms with Gasteiger partial charge in [0.05, 0.1) is 0 Å². The van der Waals surface area contributed by atoms with Crippen molar-refractivity contribution in [3.05, 3.63) is 29.6 Å². The summed E-state index contributed by atoms with van der Waals surface area (Å²) in [6.07, 6.45) is 1.46. The molecule has 56 valence electrons. The van der Waals surface area contributed by atoms with Gasteiger partial charge in [-0.3, -0.25) is 0 Å². The van der Waals surface area contributed by atoms with Crippen molar-refractivity contribution in [1.29, 1.82) is 0 Å². The summed E-state index contributed by atoms with van der Waals surface area (Å²) < 4.78 is 13.0. The molecule has 0 aromatic heterocycles. The van der Waals surface area contributed by atoms with Crippen molar-refractivity contribution < 1.29 is 9.41 Å². The average molecular weight is 150 g/mol. The molecule has 0 radical (unpaired) electrons. The molecule has 0 spiro atoms. The summed E-state index contributed by atoms with van der Waals surface area (Å²) in [6, 6.07) is 4.95. The highest BCUT2D eigenvalue weighted by molar-refractivity contribution is 6.68. The molecule has 3 heteroatoms. The van der Waals surface area contributed by atoms with E-state index in [0.717, 1.165) is 12.0 Å². The molecule has 2 rings (SSSR count). The van der Waals surface area contributed by atoms with Crippen LogP contribution in [0.1, 0.15) is 5.56 Å². The zero-order valence-electron chi connectivity index (χ0n) is 6.05. The molecule has 1 aliphatic heterocycles. The van der Waals surface area contributed by atoms with E-state index in [0.29, 0.717) is 11.8 Å². The highest BCUT2D eigenvalue weighted by Crippen LogP contribution is 2.14. The van der Waals surface area contributed by atoms with Crippen LogP contribution in [0, 0.1) is 5.82 Å². The SMILES string of the molecule is OB1CCc2cccc(F)c21. The number of fused-ring (bicyclic) bond motifs is 1. The summed E-state index contributed by atoms with van der Waals surface area (Å²) in [5.41, 5.74) is 1.46. The van der Waals surface area contributed by atoms with Crippen molar-refractivity contribution in [3.63, 3.8) is 0 Å². The molecule has 1 heterocycles. The first-order valence-electron chi connectivity index (χ1n) is 3.74. The van der Waals surface area contributed by atoms with Crippen LogP contribution in [0.4, 0.5) is 4.39 Å². The van der Waals surface area contributed by atoms with Gasteiger partial charge in [-0.1, -0.05) is 12.1 Å². The first kappa shape index (κ1) is 6.86. The molecule has 0 unspecified atom stereocenters. The van der Waals surface area contributed by atoms with Gasteiger partial charge in [0.25, 0.3) is 0 Å². The van der Waals surface area contributed by atoms with Gasteiger partial charge in [-0.15, -0.1) is 0 Å². The second kappa shape index (κ2) is 2.34. The molecule has 0 aliphatic carbocycles. The second-order valence-electron chi connectivity index (χ2n) is 2.87. The van der Waals surface area contributed by atoms with Gasteiger partial charge in [-0.05, 0) is 29.8 Å². The van der Waals surface area contributed by atoms with Gasteiger partial charge in [0.2, 0.25) is 0 Å². The second-order valence-corrected chi connectivity index (χ2v) is 2.87. The normalized spacial score (nSPS) is 15.3. The van der Waals surface area contributed by atoms with Crippen LogP contribution in [-0.2, 0) is 6.42 Å². The average Bonchev–Trinajstić information content (AvgIpc) is 2.34. The number of hydrogen-bond acceptors (Lipinski definition) is 1. The lowest BCUT2D eigenvalue weighted by Crippen LogP contribution is -2.29.